The van der Waals surface area contributed by atoms with Crippen molar-refractivity contribution in [2.24, 2.45) is 0 Å². The SMILES string of the molecule is COc1ccc(CN(C(=O)CN(CC(=O)O)C(C)C)C2CC2)cc1. The second-order valence-corrected chi connectivity index (χ2v) is 6.49. The highest BCUT2D eigenvalue weighted by atomic mass is 16.5. The van der Waals surface area contributed by atoms with E-state index in [1.165, 1.54) is 0 Å². The number of rotatable bonds is 9. The Morgan fingerprint density at radius 3 is 2.29 bits per heavy atom. The Morgan fingerprint density at radius 2 is 1.83 bits per heavy atom. The fourth-order valence-corrected chi connectivity index (χ4v) is 2.59. The van der Waals surface area contributed by atoms with Crippen molar-refractivity contribution in [3.8, 4) is 5.75 Å². The summed E-state index contributed by atoms with van der Waals surface area (Å²) >= 11 is 0. The summed E-state index contributed by atoms with van der Waals surface area (Å²) in [5.41, 5.74) is 1.05. The van der Waals surface area contributed by atoms with E-state index in [1.807, 2.05) is 43.0 Å². The van der Waals surface area contributed by atoms with Crippen molar-refractivity contribution in [1.82, 2.24) is 9.80 Å². The van der Waals surface area contributed by atoms with Crippen molar-refractivity contribution in [1.29, 1.82) is 0 Å². The zero-order valence-electron chi connectivity index (χ0n) is 14.6. The Hall–Kier alpha value is -2.08. The summed E-state index contributed by atoms with van der Waals surface area (Å²) in [6, 6.07) is 7.97. The number of benzene rings is 1. The Labute approximate surface area is 143 Å². The maximum Gasteiger partial charge on any atom is 0.317 e. The molecule has 132 valence electrons. The van der Waals surface area contributed by atoms with Gasteiger partial charge in [-0.3, -0.25) is 14.5 Å². The summed E-state index contributed by atoms with van der Waals surface area (Å²) in [6.45, 7) is 4.37. The minimum absolute atomic E-state index is 0.00656. The molecule has 2 rings (SSSR count). The van der Waals surface area contributed by atoms with Gasteiger partial charge in [0.2, 0.25) is 5.91 Å². The number of nitrogens with zero attached hydrogens (tertiary/aromatic N) is 2. The Bertz CT molecular complexity index is 567. The van der Waals surface area contributed by atoms with Gasteiger partial charge in [-0.2, -0.15) is 0 Å². The lowest BCUT2D eigenvalue weighted by Gasteiger charge is -2.29. The van der Waals surface area contributed by atoms with Crippen LogP contribution < -0.4 is 4.74 Å². The normalized spacial score (nSPS) is 14.0. The van der Waals surface area contributed by atoms with Crippen LogP contribution >= 0.6 is 0 Å². The van der Waals surface area contributed by atoms with E-state index < -0.39 is 5.97 Å². The summed E-state index contributed by atoms with van der Waals surface area (Å²) in [7, 11) is 1.62. The van der Waals surface area contributed by atoms with Crippen LogP contribution in [0.5, 0.6) is 5.75 Å². The van der Waals surface area contributed by atoms with E-state index in [4.69, 9.17) is 9.84 Å². The van der Waals surface area contributed by atoms with Crippen LogP contribution in [0.1, 0.15) is 32.3 Å². The lowest BCUT2D eigenvalue weighted by Crippen LogP contribution is -2.45. The predicted octanol–water partition coefficient (Wildman–Crippen LogP) is 1.98. The summed E-state index contributed by atoms with van der Waals surface area (Å²) in [6.07, 6.45) is 2.03. The predicted molar refractivity (Wildman–Crippen MR) is 90.9 cm³/mol. The first-order valence-electron chi connectivity index (χ1n) is 8.29. The molecule has 0 aromatic heterocycles. The van der Waals surface area contributed by atoms with Crippen LogP contribution in [0.3, 0.4) is 0 Å². The van der Waals surface area contributed by atoms with Gasteiger partial charge in [0.25, 0.3) is 0 Å². The largest absolute Gasteiger partial charge is 0.497 e. The third-order valence-corrected chi connectivity index (χ3v) is 4.23. The Morgan fingerprint density at radius 1 is 1.21 bits per heavy atom. The van der Waals surface area contributed by atoms with Crippen molar-refractivity contribution in [2.45, 2.75) is 45.3 Å². The fourth-order valence-electron chi connectivity index (χ4n) is 2.59. The molecule has 0 radical (unpaired) electrons. The smallest absolute Gasteiger partial charge is 0.317 e. The van der Waals surface area contributed by atoms with Gasteiger partial charge in [-0.15, -0.1) is 0 Å². The average molecular weight is 334 g/mol. The monoisotopic (exact) mass is 334 g/mol. The molecule has 0 bridgehead atoms. The molecule has 1 aliphatic rings. The van der Waals surface area contributed by atoms with E-state index in [2.05, 4.69) is 0 Å². The van der Waals surface area contributed by atoms with Crippen LogP contribution in [0.2, 0.25) is 0 Å². The van der Waals surface area contributed by atoms with Crippen molar-refractivity contribution in [2.75, 3.05) is 20.2 Å². The Kier molecular flexibility index (Phi) is 6.20. The molecule has 1 amide bonds. The summed E-state index contributed by atoms with van der Waals surface area (Å²) in [5.74, 6) is -0.136. The molecule has 1 N–H and O–H groups in total. The molecule has 24 heavy (non-hydrogen) atoms. The zero-order chi connectivity index (χ0) is 17.7. The minimum atomic E-state index is -0.912. The van der Waals surface area contributed by atoms with Gasteiger partial charge in [0, 0.05) is 18.6 Å². The third kappa shape index (κ3) is 5.23. The highest BCUT2D eigenvalue weighted by Crippen LogP contribution is 2.29. The minimum Gasteiger partial charge on any atom is -0.497 e. The first-order chi connectivity index (χ1) is 11.4. The van der Waals surface area contributed by atoms with Crippen molar-refractivity contribution in [3.05, 3.63) is 29.8 Å². The third-order valence-electron chi connectivity index (χ3n) is 4.23. The van der Waals surface area contributed by atoms with Crippen molar-refractivity contribution >= 4 is 11.9 Å². The van der Waals surface area contributed by atoms with Crippen LogP contribution in [-0.2, 0) is 16.1 Å². The lowest BCUT2D eigenvalue weighted by atomic mass is 10.2. The van der Waals surface area contributed by atoms with Gasteiger partial charge in [-0.05, 0) is 44.4 Å². The number of aliphatic carboxylic acids is 1. The molecule has 6 nitrogen and oxygen atoms in total. The van der Waals surface area contributed by atoms with E-state index in [0.29, 0.717) is 6.54 Å². The van der Waals surface area contributed by atoms with Crippen LogP contribution in [0.25, 0.3) is 0 Å². The Balaban J connectivity index is 2.03. The summed E-state index contributed by atoms with van der Waals surface area (Å²) in [5, 5.41) is 9.01. The lowest BCUT2D eigenvalue weighted by molar-refractivity contribution is -0.140. The van der Waals surface area contributed by atoms with Gasteiger partial charge in [0.15, 0.2) is 0 Å². The van der Waals surface area contributed by atoms with E-state index >= 15 is 0 Å². The number of carbonyl (C=O) groups is 2. The molecule has 1 fully saturated rings. The first-order valence-corrected chi connectivity index (χ1v) is 8.29. The number of carboxylic acid groups (broad SMARTS) is 1. The van der Waals surface area contributed by atoms with Gasteiger partial charge in [0.05, 0.1) is 20.2 Å². The maximum absolute atomic E-state index is 12.7. The zero-order valence-corrected chi connectivity index (χ0v) is 14.6. The fraction of sp³-hybridized carbons (Fsp3) is 0.556. The van der Waals surface area contributed by atoms with Gasteiger partial charge < -0.3 is 14.7 Å². The van der Waals surface area contributed by atoms with Gasteiger partial charge in [-0.25, -0.2) is 0 Å². The topological polar surface area (TPSA) is 70.1 Å². The molecule has 1 saturated carbocycles. The molecule has 6 heteroatoms. The summed E-state index contributed by atoms with van der Waals surface area (Å²) < 4.78 is 5.15. The van der Waals surface area contributed by atoms with Crippen molar-refractivity contribution < 1.29 is 19.4 Å². The van der Waals surface area contributed by atoms with E-state index in [1.54, 1.807) is 12.0 Å². The molecule has 0 unspecified atom stereocenters. The molecule has 0 aliphatic heterocycles. The van der Waals surface area contributed by atoms with Gasteiger partial charge in [-0.1, -0.05) is 12.1 Å². The molecule has 0 spiro atoms. The number of amides is 1. The maximum atomic E-state index is 12.7. The van der Waals surface area contributed by atoms with E-state index in [0.717, 1.165) is 24.2 Å². The molecular weight excluding hydrogens is 308 g/mol. The number of hydrogen-bond donors (Lipinski definition) is 1. The van der Waals surface area contributed by atoms with Crippen LogP contribution in [0.15, 0.2) is 24.3 Å². The summed E-state index contributed by atoms with van der Waals surface area (Å²) in [4.78, 5) is 27.3. The van der Waals surface area contributed by atoms with Gasteiger partial charge >= 0.3 is 5.97 Å². The van der Waals surface area contributed by atoms with Gasteiger partial charge in [0.1, 0.15) is 5.75 Å². The van der Waals surface area contributed by atoms with E-state index in [-0.39, 0.29) is 31.1 Å². The molecule has 1 aromatic rings. The molecule has 1 aliphatic carbocycles. The second-order valence-electron chi connectivity index (χ2n) is 6.49. The highest BCUT2D eigenvalue weighted by Gasteiger charge is 2.33. The second kappa shape index (κ2) is 8.15. The first kappa shape index (κ1) is 18.3. The quantitative estimate of drug-likeness (QED) is 0.748. The van der Waals surface area contributed by atoms with Crippen LogP contribution in [-0.4, -0.2) is 59.1 Å². The van der Waals surface area contributed by atoms with Crippen LogP contribution in [0, 0.1) is 0 Å². The number of methoxy groups -OCH3 is 1. The van der Waals surface area contributed by atoms with Crippen LogP contribution in [0.4, 0.5) is 0 Å². The molecule has 0 atom stereocenters. The molecule has 1 aromatic carbocycles. The highest BCUT2D eigenvalue weighted by molar-refractivity contribution is 5.80. The number of ether oxygens (including phenoxy) is 1. The standard InChI is InChI=1S/C18H26N2O4/c1-13(2)19(12-18(22)23)11-17(21)20(15-6-7-15)10-14-4-8-16(24-3)9-5-14/h4-5,8-9,13,15H,6-7,10-12H2,1-3H3,(H,22,23). The van der Waals surface area contributed by atoms with Crippen molar-refractivity contribution in [3.63, 3.8) is 0 Å². The molecule has 0 heterocycles. The molecular formula is C18H26N2O4. The molecule has 0 saturated heterocycles. The average Bonchev–Trinajstić information content (AvgIpc) is 3.36. The number of carbonyl (C=O) groups excluding carboxylic acids is 1. The number of carboxylic acids is 1. The number of hydrogen-bond acceptors (Lipinski definition) is 4. The van der Waals surface area contributed by atoms with E-state index in [9.17, 15) is 9.59 Å².